The van der Waals surface area contributed by atoms with Crippen molar-refractivity contribution >= 4 is 18.3 Å². The molecule has 3 nitrogen and oxygen atoms in total. The zero-order valence-electron chi connectivity index (χ0n) is 12.0. The molecule has 0 aliphatic rings. The van der Waals surface area contributed by atoms with Crippen molar-refractivity contribution in [3.63, 3.8) is 0 Å². The Balaban J connectivity index is 0. The van der Waals surface area contributed by atoms with Crippen LogP contribution in [0.15, 0.2) is 0 Å². The van der Waals surface area contributed by atoms with Crippen molar-refractivity contribution in [2.75, 3.05) is 0 Å². The Labute approximate surface area is 112 Å². The lowest BCUT2D eigenvalue weighted by Gasteiger charge is -2.23. The fourth-order valence-electron chi connectivity index (χ4n) is 1.33. The number of carbonyl (C=O) groups excluding carboxylic acids is 1. The average molecular weight is 265 g/mol. The van der Waals surface area contributed by atoms with Crippen molar-refractivity contribution in [3.8, 4) is 0 Å². The number of halogens is 1. The highest BCUT2D eigenvalue weighted by atomic mass is 35.5. The van der Waals surface area contributed by atoms with Gasteiger partial charge in [0.25, 0.3) is 0 Å². The molecular formula is C13H29ClN2O. The van der Waals surface area contributed by atoms with Crippen molar-refractivity contribution in [3.05, 3.63) is 0 Å². The van der Waals surface area contributed by atoms with Crippen molar-refractivity contribution in [1.82, 2.24) is 5.32 Å². The summed E-state index contributed by atoms with van der Waals surface area (Å²) in [6.07, 6.45) is 2.13. The Hall–Kier alpha value is -0.280. The van der Waals surface area contributed by atoms with E-state index in [1.807, 2.05) is 13.8 Å². The first-order chi connectivity index (χ1) is 7.13. The van der Waals surface area contributed by atoms with Crippen molar-refractivity contribution in [1.29, 1.82) is 0 Å². The summed E-state index contributed by atoms with van der Waals surface area (Å²) in [4.78, 5) is 11.7. The highest BCUT2D eigenvalue weighted by molar-refractivity contribution is 5.85. The minimum Gasteiger partial charge on any atom is -0.353 e. The highest BCUT2D eigenvalue weighted by Crippen LogP contribution is 2.21. The van der Waals surface area contributed by atoms with Gasteiger partial charge in [-0.2, -0.15) is 0 Å². The maximum atomic E-state index is 11.7. The fourth-order valence-corrected chi connectivity index (χ4v) is 1.33. The van der Waals surface area contributed by atoms with E-state index < -0.39 is 0 Å². The number of rotatable bonds is 5. The summed E-state index contributed by atoms with van der Waals surface area (Å²) in [7, 11) is 0. The summed E-state index contributed by atoms with van der Waals surface area (Å²) < 4.78 is 0. The molecule has 0 radical (unpaired) electrons. The molecule has 0 saturated heterocycles. The van der Waals surface area contributed by atoms with Crippen LogP contribution in [0.3, 0.4) is 0 Å². The maximum absolute atomic E-state index is 11.7. The molecule has 0 aliphatic heterocycles. The van der Waals surface area contributed by atoms with Gasteiger partial charge in [0, 0.05) is 18.0 Å². The van der Waals surface area contributed by atoms with Crippen LogP contribution in [0.4, 0.5) is 0 Å². The number of amides is 1. The summed E-state index contributed by atoms with van der Waals surface area (Å²) in [5, 5.41) is 3.01. The standard InChI is InChI=1S/C13H28N2O.ClH/c1-9(7-8-13(4,5)6)15-12(16)10(2)11(3)14;/h9-11H,7-8,14H2,1-6H3,(H,15,16);1H. The van der Waals surface area contributed by atoms with E-state index in [2.05, 4.69) is 33.0 Å². The molecule has 0 fully saturated rings. The Kier molecular flexibility index (Phi) is 8.90. The second-order valence-corrected chi connectivity index (χ2v) is 6.16. The van der Waals surface area contributed by atoms with E-state index in [0.29, 0.717) is 5.41 Å². The van der Waals surface area contributed by atoms with Gasteiger partial charge in [-0.25, -0.2) is 0 Å². The molecule has 0 heterocycles. The maximum Gasteiger partial charge on any atom is 0.224 e. The van der Waals surface area contributed by atoms with Gasteiger partial charge in [-0.1, -0.05) is 27.7 Å². The molecule has 0 aromatic heterocycles. The Morgan fingerprint density at radius 2 is 1.71 bits per heavy atom. The molecule has 0 spiro atoms. The smallest absolute Gasteiger partial charge is 0.224 e. The lowest BCUT2D eigenvalue weighted by Crippen LogP contribution is -2.42. The van der Waals surface area contributed by atoms with Crippen LogP contribution in [0, 0.1) is 11.3 Å². The van der Waals surface area contributed by atoms with Gasteiger partial charge in [0.2, 0.25) is 5.91 Å². The SMILES string of the molecule is CC(CCC(C)(C)C)NC(=O)C(C)C(C)N.Cl. The monoisotopic (exact) mass is 264 g/mol. The summed E-state index contributed by atoms with van der Waals surface area (Å²) in [6, 6.07) is 0.141. The molecule has 104 valence electrons. The molecule has 4 heteroatoms. The molecule has 0 aliphatic carbocycles. The molecule has 3 atom stereocenters. The summed E-state index contributed by atoms with van der Waals surface area (Å²) in [5.41, 5.74) is 6.02. The number of carbonyl (C=O) groups is 1. The third kappa shape index (κ3) is 9.42. The third-order valence-corrected chi connectivity index (χ3v) is 2.92. The van der Waals surface area contributed by atoms with Crippen molar-refractivity contribution in [2.24, 2.45) is 17.1 Å². The van der Waals surface area contributed by atoms with Gasteiger partial charge < -0.3 is 11.1 Å². The van der Waals surface area contributed by atoms with Crippen LogP contribution in [-0.4, -0.2) is 18.0 Å². The summed E-state index contributed by atoms with van der Waals surface area (Å²) in [5.74, 6) is -0.0477. The first-order valence-corrected chi connectivity index (χ1v) is 6.19. The molecule has 17 heavy (non-hydrogen) atoms. The van der Waals surface area contributed by atoms with E-state index in [1.165, 1.54) is 0 Å². The van der Waals surface area contributed by atoms with Crippen molar-refractivity contribution in [2.45, 2.75) is 66.5 Å². The van der Waals surface area contributed by atoms with E-state index in [4.69, 9.17) is 5.73 Å². The van der Waals surface area contributed by atoms with Crippen LogP contribution in [0.25, 0.3) is 0 Å². The van der Waals surface area contributed by atoms with Gasteiger partial charge in [0.15, 0.2) is 0 Å². The quantitative estimate of drug-likeness (QED) is 0.802. The van der Waals surface area contributed by atoms with E-state index in [9.17, 15) is 4.79 Å². The summed E-state index contributed by atoms with van der Waals surface area (Å²) in [6.45, 7) is 12.4. The van der Waals surface area contributed by atoms with Crippen LogP contribution in [0.1, 0.15) is 54.4 Å². The number of hydrogen-bond acceptors (Lipinski definition) is 2. The van der Waals surface area contributed by atoms with E-state index in [0.717, 1.165) is 12.8 Å². The van der Waals surface area contributed by atoms with E-state index in [-0.39, 0.29) is 36.3 Å². The van der Waals surface area contributed by atoms with Gasteiger partial charge in [0.1, 0.15) is 0 Å². The Bertz CT molecular complexity index is 224. The first-order valence-electron chi connectivity index (χ1n) is 6.19. The molecule has 0 rings (SSSR count). The molecule has 0 aromatic rings. The molecule has 0 bridgehead atoms. The van der Waals surface area contributed by atoms with Crippen molar-refractivity contribution < 1.29 is 4.79 Å². The largest absolute Gasteiger partial charge is 0.353 e. The lowest BCUT2D eigenvalue weighted by atomic mass is 9.89. The van der Waals surface area contributed by atoms with Gasteiger partial charge in [-0.15, -0.1) is 12.4 Å². The minimum atomic E-state index is -0.114. The van der Waals surface area contributed by atoms with Gasteiger partial charge in [0.05, 0.1) is 0 Å². The molecular weight excluding hydrogens is 236 g/mol. The molecule has 0 saturated carbocycles. The van der Waals surface area contributed by atoms with Gasteiger partial charge >= 0.3 is 0 Å². The topological polar surface area (TPSA) is 55.1 Å². The first kappa shape index (κ1) is 19.1. The Morgan fingerprint density at radius 3 is 2.06 bits per heavy atom. The molecule has 1 amide bonds. The second kappa shape index (κ2) is 7.93. The van der Waals surface area contributed by atoms with E-state index in [1.54, 1.807) is 0 Å². The Morgan fingerprint density at radius 1 is 1.24 bits per heavy atom. The number of hydrogen-bond donors (Lipinski definition) is 2. The number of nitrogens with one attached hydrogen (secondary N) is 1. The van der Waals surface area contributed by atoms with Gasteiger partial charge in [-0.05, 0) is 32.1 Å². The highest BCUT2D eigenvalue weighted by Gasteiger charge is 2.19. The lowest BCUT2D eigenvalue weighted by molar-refractivity contribution is -0.125. The second-order valence-electron chi connectivity index (χ2n) is 6.16. The normalized spacial score (nSPS) is 16.6. The van der Waals surface area contributed by atoms with Crippen LogP contribution in [0.2, 0.25) is 0 Å². The van der Waals surface area contributed by atoms with Crippen LogP contribution in [0.5, 0.6) is 0 Å². The fraction of sp³-hybridized carbons (Fsp3) is 0.923. The number of nitrogens with two attached hydrogens (primary N) is 1. The minimum absolute atomic E-state index is 0. The predicted octanol–water partition coefficient (Wildman–Crippen LogP) is 2.72. The van der Waals surface area contributed by atoms with Crippen LogP contribution >= 0.6 is 12.4 Å². The zero-order chi connectivity index (χ0) is 12.9. The third-order valence-electron chi connectivity index (χ3n) is 2.92. The zero-order valence-corrected chi connectivity index (χ0v) is 12.9. The molecule has 0 aromatic carbocycles. The van der Waals surface area contributed by atoms with Gasteiger partial charge in [-0.3, -0.25) is 4.79 Å². The van der Waals surface area contributed by atoms with Crippen LogP contribution in [-0.2, 0) is 4.79 Å². The molecule has 3 N–H and O–H groups in total. The average Bonchev–Trinajstić information content (AvgIpc) is 2.12. The molecule has 3 unspecified atom stereocenters. The van der Waals surface area contributed by atoms with Crippen LogP contribution < -0.4 is 11.1 Å². The summed E-state index contributed by atoms with van der Waals surface area (Å²) >= 11 is 0. The predicted molar refractivity (Wildman–Crippen MR) is 76.4 cm³/mol. The van der Waals surface area contributed by atoms with E-state index >= 15 is 0 Å².